The van der Waals surface area contributed by atoms with Crippen LogP contribution in [0.2, 0.25) is 5.15 Å². The molecule has 1 aromatic rings. The largest absolute Gasteiger partial charge is 0.283 e. The van der Waals surface area contributed by atoms with Crippen molar-refractivity contribution in [3.05, 3.63) is 16.9 Å². The Bertz CT molecular complexity index is 431. The topological polar surface area (TPSA) is 29.0 Å². The zero-order valence-corrected chi connectivity index (χ0v) is 10.9. The summed E-state index contributed by atoms with van der Waals surface area (Å²) >= 11 is 13.6. The van der Waals surface area contributed by atoms with Crippen LogP contribution in [0.5, 0.6) is 0 Å². The van der Waals surface area contributed by atoms with Crippen LogP contribution in [0.15, 0.2) is 6.08 Å². The Balaban J connectivity index is 2.00. The zero-order valence-electron chi connectivity index (χ0n) is 8.57. The fraction of sp³-hybridized carbons (Fsp3) is 0.600. The molecule has 2 bridgehead atoms. The van der Waals surface area contributed by atoms with Crippen LogP contribution in [-0.2, 0) is 0 Å². The van der Waals surface area contributed by atoms with Crippen LogP contribution in [0.3, 0.4) is 0 Å². The normalized spacial score (nSPS) is 33.6. The average Bonchev–Trinajstić information content (AvgIpc) is 2.71. The van der Waals surface area contributed by atoms with Crippen molar-refractivity contribution in [1.82, 2.24) is 13.6 Å². The molecule has 0 aliphatic carbocycles. The number of aromatic nitrogens is 2. The molecule has 3 nitrogen and oxygen atoms in total. The summed E-state index contributed by atoms with van der Waals surface area (Å²) in [7, 11) is 0. The second-order valence-electron chi connectivity index (χ2n) is 4.26. The van der Waals surface area contributed by atoms with E-state index in [9.17, 15) is 0 Å². The third kappa shape index (κ3) is 1.78. The van der Waals surface area contributed by atoms with Gasteiger partial charge in [0.05, 0.1) is 11.7 Å². The summed E-state index contributed by atoms with van der Waals surface area (Å²) in [6.45, 7) is 2.13. The van der Waals surface area contributed by atoms with Crippen molar-refractivity contribution >= 4 is 40.5 Å². The summed E-state index contributed by atoms with van der Waals surface area (Å²) in [5, 5.41) is 0.475. The number of piperidine rings is 1. The zero-order chi connectivity index (χ0) is 11.1. The lowest BCUT2D eigenvalue weighted by molar-refractivity contribution is 0.191. The van der Waals surface area contributed by atoms with E-state index in [1.807, 2.05) is 0 Å². The lowest BCUT2D eigenvalue weighted by atomic mass is 9.90. The Labute approximate surface area is 108 Å². The van der Waals surface area contributed by atoms with E-state index in [-0.39, 0.29) is 5.50 Å². The van der Waals surface area contributed by atoms with E-state index in [1.165, 1.54) is 12.8 Å². The van der Waals surface area contributed by atoms with Gasteiger partial charge in [-0.05, 0) is 25.3 Å². The van der Waals surface area contributed by atoms with Crippen LogP contribution >= 0.6 is 34.9 Å². The minimum Gasteiger partial charge on any atom is -0.283 e. The second-order valence-corrected chi connectivity index (χ2v) is 5.56. The smallest absolute Gasteiger partial charge is 0.170 e. The number of nitrogens with zero attached hydrogens (tertiary/aromatic N) is 3. The van der Waals surface area contributed by atoms with Crippen molar-refractivity contribution in [2.45, 2.75) is 18.3 Å². The Hall–Kier alpha value is -0.160. The van der Waals surface area contributed by atoms with E-state index in [1.54, 1.807) is 0 Å². The minimum atomic E-state index is -0.0991. The molecule has 0 aromatic carbocycles. The van der Waals surface area contributed by atoms with E-state index >= 15 is 0 Å². The van der Waals surface area contributed by atoms with Gasteiger partial charge in [0.25, 0.3) is 0 Å². The molecule has 86 valence electrons. The van der Waals surface area contributed by atoms with E-state index < -0.39 is 0 Å². The van der Waals surface area contributed by atoms with Gasteiger partial charge in [-0.25, -0.2) is 0 Å². The SMILES string of the molecule is Clc1nsnc1C1=CC2CCCN(C2)C1Cl. The highest BCUT2D eigenvalue weighted by molar-refractivity contribution is 6.99. The molecule has 0 amide bonds. The summed E-state index contributed by atoms with van der Waals surface area (Å²) in [6.07, 6.45) is 4.69. The first-order valence-electron chi connectivity index (χ1n) is 5.34. The van der Waals surface area contributed by atoms with Gasteiger partial charge in [-0.1, -0.05) is 17.7 Å². The van der Waals surface area contributed by atoms with Crippen molar-refractivity contribution in [1.29, 1.82) is 0 Å². The molecule has 1 aromatic heterocycles. The van der Waals surface area contributed by atoms with E-state index in [0.29, 0.717) is 11.1 Å². The predicted octanol–water partition coefficient (Wildman–Crippen LogP) is 2.87. The molecule has 3 unspecified atom stereocenters. The van der Waals surface area contributed by atoms with E-state index in [2.05, 4.69) is 19.7 Å². The summed E-state index contributed by atoms with van der Waals surface area (Å²) in [5.74, 6) is 0.594. The summed E-state index contributed by atoms with van der Waals surface area (Å²) in [5.41, 5.74) is 1.71. The standard InChI is InChI=1S/C10H11Cl2N3S/c11-9-8(13-16-14-9)7-4-6-2-1-3-15(5-6)10(7)12/h4,6,10H,1-3,5H2. The van der Waals surface area contributed by atoms with Crippen molar-refractivity contribution in [2.24, 2.45) is 5.92 Å². The minimum absolute atomic E-state index is 0.0991. The highest BCUT2D eigenvalue weighted by Crippen LogP contribution is 2.37. The van der Waals surface area contributed by atoms with Crippen molar-refractivity contribution in [3.8, 4) is 0 Å². The van der Waals surface area contributed by atoms with E-state index in [0.717, 1.165) is 36.1 Å². The Morgan fingerprint density at radius 2 is 2.31 bits per heavy atom. The maximum absolute atomic E-state index is 6.45. The molecule has 0 radical (unpaired) electrons. The summed E-state index contributed by atoms with van der Waals surface area (Å²) in [6, 6.07) is 0. The average molecular weight is 276 g/mol. The molecule has 2 aliphatic rings. The highest BCUT2D eigenvalue weighted by atomic mass is 35.5. The third-order valence-electron chi connectivity index (χ3n) is 3.20. The Morgan fingerprint density at radius 3 is 3.06 bits per heavy atom. The number of alkyl halides is 1. The number of hydrogen-bond acceptors (Lipinski definition) is 4. The van der Waals surface area contributed by atoms with Crippen LogP contribution < -0.4 is 0 Å². The molecule has 0 spiro atoms. The second kappa shape index (κ2) is 4.26. The van der Waals surface area contributed by atoms with Crippen LogP contribution in [0.1, 0.15) is 18.5 Å². The van der Waals surface area contributed by atoms with Gasteiger partial charge in [0.1, 0.15) is 11.2 Å². The fourth-order valence-electron chi connectivity index (χ4n) is 2.45. The number of hydrogen-bond donors (Lipinski definition) is 0. The number of rotatable bonds is 1. The predicted molar refractivity (Wildman–Crippen MR) is 66.8 cm³/mol. The Morgan fingerprint density at radius 1 is 1.44 bits per heavy atom. The molecule has 0 saturated carbocycles. The molecular weight excluding hydrogens is 265 g/mol. The number of fused-ring (bicyclic) bond motifs is 2. The third-order valence-corrected chi connectivity index (χ3v) is 4.61. The molecule has 16 heavy (non-hydrogen) atoms. The maximum atomic E-state index is 6.45. The Kier molecular flexibility index (Phi) is 2.92. The first kappa shape index (κ1) is 11.0. The van der Waals surface area contributed by atoms with Gasteiger partial charge in [0.2, 0.25) is 0 Å². The van der Waals surface area contributed by atoms with Crippen LogP contribution in [0, 0.1) is 5.92 Å². The monoisotopic (exact) mass is 275 g/mol. The maximum Gasteiger partial charge on any atom is 0.170 e. The van der Waals surface area contributed by atoms with Gasteiger partial charge in [-0.3, -0.25) is 4.90 Å². The molecule has 3 rings (SSSR count). The van der Waals surface area contributed by atoms with Gasteiger partial charge in [0.15, 0.2) is 5.15 Å². The summed E-state index contributed by atoms with van der Waals surface area (Å²) < 4.78 is 8.23. The molecule has 2 aliphatic heterocycles. The van der Waals surface area contributed by atoms with Crippen LogP contribution in [0.4, 0.5) is 0 Å². The van der Waals surface area contributed by atoms with Gasteiger partial charge in [-0.15, -0.1) is 11.6 Å². The molecule has 3 atom stereocenters. The lowest BCUT2D eigenvalue weighted by Crippen LogP contribution is -2.43. The van der Waals surface area contributed by atoms with Crippen molar-refractivity contribution in [2.75, 3.05) is 13.1 Å². The molecule has 1 saturated heterocycles. The quantitative estimate of drug-likeness (QED) is 0.583. The number of halogens is 2. The molecular formula is C10H11Cl2N3S. The van der Waals surface area contributed by atoms with Crippen molar-refractivity contribution < 1.29 is 0 Å². The first-order chi connectivity index (χ1) is 7.75. The summed E-state index contributed by atoms with van der Waals surface area (Å²) in [4.78, 5) is 2.29. The first-order valence-corrected chi connectivity index (χ1v) is 6.88. The van der Waals surface area contributed by atoms with Gasteiger partial charge < -0.3 is 0 Å². The van der Waals surface area contributed by atoms with E-state index in [4.69, 9.17) is 23.2 Å². The van der Waals surface area contributed by atoms with Crippen LogP contribution in [0.25, 0.3) is 5.57 Å². The molecule has 3 heterocycles. The fourth-order valence-corrected chi connectivity index (χ4v) is 3.57. The molecule has 6 heteroatoms. The van der Waals surface area contributed by atoms with Gasteiger partial charge in [-0.2, -0.15) is 8.75 Å². The van der Waals surface area contributed by atoms with Crippen molar-refractivity contribution in [3.63, 3.8) is 0 Å². The molecule has 1 fully saturated rings. The lowest BCUT2D eigenvalue weighted by Gasteiger charge is -2.39. The highest BCUT2D eigenvalue weighted by Gasteiger charge is 2.33. The molecule has 0 N–H and O–H groups in total. The van der Waals surface area contributed by atoms with Gasteiger partial charge in [0, 0.05) is 12.1 Å². The van der Waals surface area contributed by atoms with Gasteiger partial charge >= 0.3 is 0 Å². The van der Waals surface area contributed by atoms with Crippen LogP contribution in [-0.4, -0.2) is 32.2 Å².